The van der Waals surface area contributed by atoms with Crippen LogP contribution in [0.25, 0.3) is 0 Å². The third-order valence-corrected chi connectivity index (χ3v) is 4.01. The third-order valence-electron chi connectivity index (χ3n) is 2.87. The molecule has 1 aliphatic rings. The number of aliphatic hydroxyl groups is 1. The first kappa shape index (κ1) is 14.2. The van der Waals surface area contributed by atoms with Gasteiger partial charge in [0.2, 0.25) is 0 Å². The van der Waals surface area contributed by atoms with Gasteiger partial charge in [-0.1, -0.05) is 12.1 Å². The second-order valence-electron chi connectivity index (χ2n) is 4.33. The molecule has 0 radical (unpaired) electrons. The van der Waals surface area contributed by atoms with Crippen LogP contribution >= 0.6 is 11.8 Å². The molecule has 4 nitrogen and oxygen atoms in total. The lowest BCUT2D eigenvalue weighted by Gasteiger charge is -2.15. The van der Waals surface area contributed by atoms with Crippen LogP contribution in [-0.2, 0) is 9.53 Å². The maximum atomic E-state index is 11.5. The number of benzene rings is 1. The van der Waals surface area contributed by atoms with E-state index in [1.165, 1.54) is 0 Å². The highest BCUT2D eigenvalue weighted by Gasteiger charge is 2.20. The molecule has 1 aromatic carbocycles. The Bertz CT molecular complexity index is 429. The van der Waals surface area contributed by atoms with Gasteiger partial charge >= 0.3 is 5.97 Å². The zero-order valence-electron chi connectivity index (χ0n) is 10.9. The van der Waals surface area contributed by atoms with Crippen molar-refractivity contribution in [2.24, 2.45) is 0 Å². The van der Waals surface area contributed by atoms with Crippen LogP contribution in [0.3, 0.4) is 0 Å². The predicted molar refractivity (Wildman–Crippen MR) is 74.4 cm³/mol. The van der Waals surface area contributed by atoms with Gasteiger partial charge in [-0.25, -0.2) is 4.79 Å². The summed E-state index contributed by atoms with van der Waals surface area (Å²) < 4.78 is 10.6. The first-order valence-electron chi connectivity index (χ1n) is 6.39. The van der Waals surface area contributed by atoms with Gasteiger partial charge in [0.1, 0.15) is 11.9 Å². The molecular weight excluding hydrogens is 264 g/mol. The minimum absolute atomic E-state index is 0.222. The number of hydrogen-bond acceptors (Lipinski definition) is 5. The summed E-state index contributed by atoms with van der Waals surface area (Å²) in [5.41, 5.74) is 0.501. The molecule has 1 fully saturated rings. The second-order valence-corrected chi connectivity index (χ2v) is 5.48. The molecule has 0 amide bonds. The van der Waals surface area contributed by atoms with Crippen LogP contribution in [0.4, 0.5) is 0 Å². The van der Waals surface area contributed by atoms with E-state index in [0.717, 1.165) is 17.9 Å². The molecule has 2 atom stereocenters. The lowest BCUT2D eigenvalue weighted by molar-refractivity contribution is -0.153. The van der Waals surface area contributed by atoms with Gasteiger partial charge < -0.3 is 14.6 Å². The Kier molecular flexibility index (Phi) is 5.10. The molecule has 104 valence electrons. The minimum atomic E-state index is -1.25. The van der Waals surface area contributed by atoms with Crippen LogP contribution in [0.2, 0.25) is 0 Å². The van der Waals surface area contributed by atoms with Crippen molar-refractivity contribution >= 4 is 17.7 Å². The van der Waals surface area contributed by atoms with E-state index < -0.39 is 12.1 Å². The van der Waals surface area contributed by atoms with Crippen LogP contribution < -0.4 is 4.74 Å². The molecular formula is C14H18O4S. The molecule has 2 unspecified atom stereocenters. The highest BCUT2D eigenvalue weighted by atomic mass is 32.2. The van der Waals surface area contributed by atoms with Crippen molar-refractivity contribution in [3.8, 4) is 5.75 Å². The Morgan fingerprint density at radius 3 is 3.11 bits per heavy atom. The van der Waals surface area contributed by atoms with Crippen molar-refractivity contribution in [3.63, 3.8) is 0 Å². The number of carbonyl (C=O) groups excluding carboxylic acids is 1. The van der Waals surface area contributed by atoms with Crippen molar-refractivity contribution in [2.75, 3.05) is 18.1 Å². The van der Waals surface area contributed by atoms with E-state index in [1.807, 2.05) is 17.8 Å². The van der Waals surface area contributed by atoms with Gasteiger partial charge in [0.05, 0.1) is 6.61 Å². The summed E-state index contributed by atoms with van der Waals surface area (Å²) in [7, 11) is 0. The van der Waals surface area contributed by atoms with E-state index >= 15 is 0 Å². The molecule has 1 N–H and O–H groups in total. The van der Waals surface area contributed by atoms with Crippen molar-refractivity contribution in [1.82, 2.24) is 0 Å². The van der Waals surface area contributed by atoms with Gasteiger partial charge in [0.25, 0.3) is 0 Å². The van der Waals surface area contributed by atoms with Crippen molar-refractivity contribution < 1.29 is 19.4 Å². The van der Waals surface area contributed by atoms with Crippen LogP contribution in [0, 0.1) is 0 Å². The normalized spacial score (nSPS) is 20.0. The molecule has 1 aliphatic heterocycles. The molecule has 0 aliphatic carbocycles. The van der Waals surface area contributed by atoms with Crippen molar-refractivity contribution in [3.05, 3.63) is 29.8 Å². The van der Waals surface area contributed by atoms with Crippen molar-refractivity contribution in [1.29, 1.82) is 0 Å². The maximum absolute atomic E-state index is 11.5. The van der Waals surface area contributed by atoms with Gasteiger partial charge in [-0.15, -0.1) is 0 Å². The lowest BCUT2D eigenvalue weighted by Crippen LogP contribution is -2.17. The quantitative estimate of drug-likeness (QED) is 0.839. The summed E-state index contributed by atoms with van der Waals surface area (Å²) in [6, 6.07) is 7.00. The maximum Gasteiger partial charge on any atom is 0.339 e. The highest BCUT2D eigenvalue weighted by Crippen LogP contribution is 2.25. The summed E-state index contributed by atoms with van der Waals surface area (Å²) in [5, 5.41) is 9.87. The number of rotatable bonds is 5. The van der Waals surface area contributed by atoms with Gasteiger partial charge in [-0.3, -0.25) is 0 Å². The van der Waals surface area contributed by atoms with E-state index in [9.17, 15) is 9.90 Å². The number of thioether (sulfide) groups is 1. The van der Waals surface area contributed by atoms with E-state index in [4.69, 9.17) is 9.47 Å². The SMILES string of the molecule is CCOC(=O)C(O)c1cccc(OC2CCSC2)c1. The molecule has 1 heterocycles. The number of carbonyl (C=O) groups is 1. The van der Waals surface area contributed by atoms with Gasteiger partial charge in [0.15, 0.2) is 6.10 Å². The van der Waals surface area contributed by atoms with Gasteiger partial charge in [-0.2, -0.15) is 11.8 Å². The topological polar surface area (TPSA) is 55.8 Å². The molecule has 1 aromatic rings. The van der Waals surface area contributed by atoms with E-state index in [0.29, 0.717) is 11.3 Å². The zero-order valence-corrected chi connectivity index (χ0v) is 11.7. The number of hydrogen-bond donors (Lipinski definition) is 1. The number of ether oxygens (including phenoxy) is 2. The molecule has 5 heteroatoms. The Hall–Kier alpha value is -1.20. The first-order valence-corrected chi connectivity index (χ1v) is 7.55. The summed E-state index contributed by atoms with van der Waals surface area (Å²) in [4.78, 5) is 11.5. The largest absolute Gasteiger partial charge is 0.490 e. The van der Waals surface area contributed by atoms with E-state index in [2.05, 4.69) is 0 Å². The Morgan fingerprint density at radius 2 is 2.42 bits per heavy atom. The molecule has 0 saturated carbocycles. The number of aliphatic hydroxyl groups excluding tert-OH is 1. The van der Waals surface area contributed by atoms with E-state index in [-0.39, 0.29) is 12.7 Å². The minimum Gasteiger partial charge on any atom is -0.490 e. The van der Waals surface area contributed by atoms with Crippen LogP contribution in [-0.4, -0.2) is 35.3 Å². The Labute approximate surface area is 117 Å². The highest BCUT2D eigenvalue weighted by molar-refractivity contribution is 7.99. The Morgan fingerprint density at radius 1 is 1.58 bits per heavy atom. The van der Waals surface area contributed by atoms with Gasteiger partial charge in [0, 0.05) is 5.75 Å². The summed E-state index contributed by atoms with van der Waals surface area (Å²) in [5.74, 6) is 2.17. The van der Waals surface area contributed by atoms with Crippen LogP contribution in [0.5, 0.6) is 5.75 Å². The monoisotopic (exact) mass is 282 g/mol. The molecule has 0 spiro atoms. The molecule has 19 heavy (non-hydrogen) atoms. The fraction of sp³-hybridized carbons (Fsp3) is 0.500. The summed E-state index contributed by atoms with van der Waals surface area (Å²) in [6.45, 7) is 1.97. The summed E-state index contributed by atoms with van der Waals surface area (Å²) in [6.07, 6.45) is 0.0106. The van der Waals surface area contributed by atoms with Gasteiger partial charge in [-0.05, 0) is 36.8 Å². The first-order chi connectivity index (χ1) is 9.20. The van der Waals surface area contributed by atoms with E-state index in [1.54, 1.807) is 25.1 Å². The fourth-order valence-electron chi connectivity index (χ4n) is 1.91. The molecule has 0 aromatic heterocycles. The smallest absolute Gasteiger partial charge is 0.339 e. The molecule has 1 saturated heterocycles. The average molecular weight is 282 g/mol. The Balaban J connectivity index is 2.03. The average Bonchev–Trinajstić information content (AvgIpc) is 2.91. The standard InChI is InChI=1S/C14H18O4S/c1-2-17-14(16)13(15)10-4-3-5-11(8-10)18-12-6-7-19-9-12/h3-5,8,12-13,15H,2,6-7,9H2,1H3. The fourth-order valence-corrected chi connectivity index (χ4v) is 3.01. The number of esters is 1. The second kappa shape index (κ2) is 6.82. The summed E-state index contributed by atoms with van der Waals surface area (Å²) >= 11 is 1.87. The third kappa shape index (κ3) is 3.88. The van der Waals surface area contributed by atoms with Crippen molar-refractivity contribution in [2.45, 2.75) is 25.6 Å². The zero-order chi connectivity index (χ0) is 13.7. The van der Waals surface area contributed by atoms with Crippen LogP contribution in [0.15, 0.2) is 24.3 Å². The predicted octanol–water partition coefficient (Wildman–Crippen LogP) is 2.17. The van der Waals surface area contributed by atoms with Crippen LogP contribution in [0.1, 0.15) is 25.0 Å². The lowest BCUT2D eigenvalue weighted by atomic mass is 10.1. The molecule has 2 rings (SSSR count). The molecule has 0 bridgehead atoms.